The topological polar surface area (TPSA) is 80.4 Å². The molecule has 68 valence electrons. The van der Waals surface area contributed by atoms with Gasteiger partial charge in [-0.3, -0.25) is 0 Å². The molecule has 0 radical (unpaired) electrons. The molecule has 0 amide bonds. The number of sulfonamides is 1. The number of aliphatic hydroxyl groups is 1. The van der Waals surface area contributed by atoms with Crippen LogP contribution in [-0.4, -0.2) is 25.4 Å². The van der Waals surface area contributed by atoms with Crippen LogP contribution in [-0.2, 0) is 10.0 Å². The minimum absolute atomic E-state index is 0.124. The number of nitrogens with two attached hydrogens (primary N) is 1. The van der Waals surface area contributed by atoms with Gasteiger partial charge in [0.1, 0.15) is 0 Å². The molecule has 4 nitrogen and oxygen atoms in total. The van der Waals surface area contributed by atoms with E-state index in [1.54, 1.807) is 0 Å². The second-order valence-electron chi connectivity index (χ2n) is 2.51. The van der Waals surface area contributed by atoms with Crippen LogP contribution in [0, 0.1) is 0 Å². The molecule has 0 spiro atoms. The second kappa shape index (κ2) is 4.69. The maximum absolute atomic E-state index is 10.8. The standard InChI is InChI=1S/C6H15NO3S/c1-2-3-6(4-5-8)11(7,9)10/h6,8H,2-5H2,1H3,(H2,7,9,10). The summed E-state index contributed by atoms with van der Waals surface area (Å²) in [5, 5.41) is 12.8. The van der Waals surface area contributed by atoms with Crippen molar-refractivity contribution in [2.45, 2.75) is 31.4 Å². The Bertz CT molecular complexity index is 182. The van der Waals surface area contributed by atoms with Crippen LogP contribution in [0.1, 0.15) is 26.2 Å². The monoisotopic (exact) mass is 181 g/mol. The van der Waals surface area contributed by atoms with Gasteiger partial charge in [-0.05, 0) is 12.8 Å². The van der Waals surface area contributed by atoms with Crippen LogP contribution in [0.15, 0.2) is 0 Å². The largest absolute Gasteiger partial charge is 0.396 e. The first-order chi connectivity index (χ1) is 5.02. The maximum Gasteiger partial charge on any atom is 0.212 e. The summed E-state index contributed by atoms with van der Waals surface area (Å²) in [6.07, 6.45) is 1.53. The van der Waals surface area contributed by atoms with Gasteiger partial charge < -0.3 is 5.11 Å². The molecule has 0 aromatic rings. The number of hydrogen-bond donors (Lipinski definition) is 2. The normalized spacial score (nSPS) is 14.8. The average molecular weight is 181 g/mol. The van der Waals surface area contributed by atoms with E-state index in [4.69, 9.17) is 10.2 Å². The third-order valence-corrected chi connectivity index (χ3v) is 2.93. The van der Waals surface area contributed by atoms with Crippen LogP contribution in [0.25, 0.3) is 0 Å². The predicted octanol–water partition coefficient (Wildman–Crippen LogP) is -0.174. The van der Waals surface area contributed by atoms with E-state index in [1.165, 1.54) is 0 Å². The molecule has 0 aromatic heterocycles. The fourth-order valence-corrected chi connectivity index (χ4v) is 1.94. The van der Waals surface area contributed by atoms with E-state index in [0.29, 0.717) is 6.42 Å². The molecule has 11 heavy (non-hydrogen) atoms. The van der Waals surface area contributed by atoms with Gasteiger partial charge in [-0.15, -0.1) is 0 Å². The van der Waals surface area contributed by atoms with Crippen molar-refractivity contribution in [1.29, 1.82) is 0 Å². The highest BCUT2D eigenvalue weighted by Crippen LogP contribution is 2.08. The summed E-state index contributed by atoms with van der Waals surface area (Å²) in [5.41, 5.74) is 0. The van der Waals surface area contributed by atoms with Gasteiger partial charge in [0.15, 0.2) is 0 Å². The fraction of sp³-hybridized carbons (Fsp3) is 1.00. The Kier molecular flexibility index (Phi) is 4.63. The molecule has 0 aromatic carbocycles. The maximum atomic E-state index is 10.8. The average Bonchev–Trinajstić information content (AvgIpc) is 1.85. The number of primary sulfonamides is 1. The first-order valence-electron chi connectivity index (χ1n) is 3.64. The Hall–Kier alpha value is -0.130. The molecule has 0 saturated carbocycles. The number of rotatable bonds is 5. The van der Waals surface area contributed by atoms with Crippen molar-refractivity contribution >= 4 is 10.0 Å². The molecule has 0 heterocycles. The molecule has 0 rings (SSSR count). The smallest absolute Gasteiger partial charge is 0.212 e. The number of hydrogen-bond acceptors (Lipinski definition) is 3. The summed E-state index contributed by atoms with van der Waals surface area (Å²) in [5.74, 6) is 0. The Labute approximate surface area is 67.5 Å². The van der Waals surface area contributed by atoms with Gasteiger partial charge >= 0.3 is 0 Å². The highest BCUT2D eigenvalue weighted by Gasteiger charge is 2.18. The third kappa shape index (κ3) is 4.34. The molecule has 1 unspecified atom stereocenters. The van der Waals surface area contributed by atoms with E-state index in [9.17, 15) is 8.42 Å². The lowest BCUT2D eigenvalue weighted by Gasteiger charge is -2.10. The van der Waals surface area contributed by atoms with Crippen LogP contribution < -0.4 is 5.14 Å². The predicted molar refractivity (Wildman–Crippen MR) is 43.5 cm³/mol. The lowest BCUT2D eigenvalue weighted by molar-refractivity contribution is 0.283. The highest BCUT2D eigenvalue weighted by atomic mass is 32.2. The number of aliphatic hydroxyl groups excluding tert-OH is 1. The van der Waals surface area contributed by atoms with E-state index >= 15 is 0 Å². The molecule has 0 saturated heterocycles. The van der Waals surface area contributed by atoms with Crippen molar-refractivity contribution in [3.8, 4) is 0 Å². The van der Waals surface area contributed by atoms with Crippen molar-refractivity contribution in [3.05, 3.63) is 0 Å². The van der Waals surface area contributed by atoms with Crippen LogP contribution in [0.5, 0.6) is 0 Å². The fourth-order valence-electron chi connectivity index (χ4n) is 0.939. The molecular formula is C6H15NO3S. The Morgan fingerprint density at radius 2 is 2.00 bits per heavy atom. The van der Waals surface area contributed by atoms with Gasteiger partial charge in [0.05, 0.1) is 5.25 Å². The molecule has 3 N–H and O–H groups in total. The third-order valence-electron chi connectivity index (χ3n) is 1.53. The molecule has 1 atom stereocenters. The minimum Gasteiger partial charge on any atom is -0.396 e. The van der Waals surface area contributed by atoms with Gasteiger partial charge in [-0.1, -0.05) is 13.3 Å². The molecular weight excluding hydrogens is 166 g/mol. The van der Waals surface area contributed by atoms with E-state index in [1.807, 2.05) is 6.92 Å². The minimum atomic E-state index is -3.45. The summed E-state index contributed by atoms with van der Waals surface area (Å²) >= 11 is 0. The zero-order chi connectivity index (χ0) is 8.91. The van der Waals surface area contributed by atoms with Gasteiger partial charge in [0.25, 0.3) is 0 Å². The Morgan fingerprint density at radius 1 is 1.45 bits per heavy atom. The van der Waals surface area contributed by atoms with Gasteiger partial charge in [0, 0.05) is 6.61 Å². The first kappa shape index (κ1) is 10.9. The quantitative estimate of drug-likeness (QED) is 0.617. The van der Waals surface area contributed by atoms with Gasteiger partial charge in [0.2, 0.25) is 10.0 Å². The Balaban J connectivity index is 4.11. The van der Waals surface area contributed by atoms with Crippen molar-refractivity contribution in [3.63, 3.8) is 0 Å². The summed E-state index contributed by atoms with van der Waals surface area (Å²) in [6, 6.07) is 0. The molecule has 5 heteroatoms. The molecule has 0 aliphatic rings. The Morgan fingerprint density at radius 3 is 2.27 bits per heavy atom. The zero-order valence-corrected chi connectivity index (χ0v) is 7.47. The van der Waals surface area contributed by atoms with Crippen LogP contribution in [0.4, 0.5) is 0 Å². The lowest BCUT2D eigenvalue weighted by Crippen LogP contribution is -2.29. The summed E-state index contributed by atoms with van der Waals surface area (Å²) < 4.78 is 21.6. The molecule has 0 fully saturated rings. The van der Waals surface area contributed by atoms with Gasteiger partial charge in [-0.25, -0.2) is 13.6 Å². The first-order valence-corrected chi connectivity index (χ1v) is 5.25. The van der Waals surface area contributed by atoms with Crippen LogP contribution in [0.2, 0.25) is 0 Å². The van der Waals surface area contributed by atoms with Crippen molar-refractivity contribution in [1.82, 2.24) is 0 Å². The van der Waals surface area contributed by atoms with Crippen LogP contribution in [0.3, 0.4) is 0 Å². The highest BCUT2D eigenvalue weighted by molar-refractivity contribution is 7.89. The van der Waals surface area contributed by atoms with E-state index in [2.05, 4.69) is 0 Å². The van der Waals surface area contributed by atoms with E-state index < -0.39 is 15.3 Å². The van der Waals surface area contributed by atoms with Crippen molar-refractivity contribution < 1.29 is 13.5 Å². The molecule has 0 aliphatic heterocycles. The van der Waals surface area contributed by atoms with E-state index in [-0.39, 0.29) is 13.0 Å². The van der Waals surface area contributed by atoms with Crippen molar-refractivity contribution in [2.24, 2.45) is 5.14 Å². The summed E-state index contributed by atoms with van der Waals surface area (Å²) in [6.45, 7) is 1.76. The zero-order valence-electron chi connectivity index (χ0n) is 6.66. The van der Waals surface area contributed by atoms with Gasteiger partial charge in [-0.2, -0.15) is 0 Å². The summed E-state index contributed by atoms with van der Waals surface area (Å²) in [4.78, 5) is 0. The SMILES string of the molecule is CCCC(CCO)S(N)(=O)=O. The van der Waals surface area contributed by atoms with Crippen molar-refractivity contribution in [2.75, 3.05) is 6.61 Å². The summed E-state index contributed by atoms with van der Waals surface area (Å²) in [7, 11) is -3.45. The molecule has 0 bridgehead atoms. The van der Waals surface area contributed by atoms with E-state index in [0.717, 1.165) is 6.42 Å². The van der Waals surface area contributed by atoms with Crippen LogP contribution >= 0.6 is 0 Å². The second-order valence-corrected chi connectivity index (χ2v) is 4.36. The lowest BCUT2D eigenvalue weighted by atomic mass is 10.2. The molecule has 0 aliphatic carbocycles.